The Kier molecular flexibility index (Phi) is 6.03. The summed E-state index contributed by atoms with van der Waals surface area (Å²) >= 11 is 0. The van der Waals surface area contributed by atoms with E-state index in [9.17, 15) is 9.90 Å². The van der Waals surface area contributed by atoms with Crippen LogP contribution in [0.3, 0.4) is 0 Å². The van der Waals surface area contributed by atoms with Gasteiger partial charge in [0.2, 0.25) is 0 Å². The second-order valence-corrected chi connectivity index (χ2v) is 6.54. The maximum Gasteiger partial charge on any atom is 0.307 e. The van der Waals surface area contributed by atoms with Gasteiger partial charge < -0.3 is 19.5 Å². The third-order valence-electron chi connectivity index (χ3n) is 4.60. The minimum absolute atomic E-state index is 0.0503. The summed E-state index contributed by atoms with van der Waals surface area (Å²) in [6.07, 6.45) is -0.253. The maximum absolute atomic E-state index is 11.1. The number of ether oxygens (including phenoxy) is 1. The van der Waals surface area contributed by atoms with Crippen LogP contribution >= 0.6 is 0 Å². The van der Waals surface area contributed by atoms with Crippen molar-refractivity contribution in [2.75, 3.05) is 6.61 Å². The van der Waals surface area contributed by atoms with Crippen molar-refractivity contribution >= 4 is 16.9 Å². The molecule has 1 atom stereocenters. The van der Waals surface area contributed by atoms with Crippen molar-refractivity contribution in [3.63, 3.8) is 0 Å². The number of benzene rings is 2. The molecule has 1 unspecified atom stereocenters. The topological polar surface area (TPSA) is 71.7 Å². The summed E-state index contributed by atoms with van der Waals surface area (Å²) in [4.78, 5) is 11.1. The van der Waals surface area contributed by atoms with E-state index in [1.54, 1.807) is 6.92 Å². The number of rotatable bonds is 7. The van der Waals surface area contributed by atoms with Gasteiger partial charge in [0, 0.05) is 23.1 Å². The number of carboxylic acid groups (broad SMARTS) is 1. The molecule has 2 aromatic carbocycles. The molecule has 0 saturated heterocycles. The summed E-state index contributed by atoms with van der Waals surface area (Å²) < 4.78 is 7.45. The molecule has 3 aromatic rings. The summed E-state index contributed by atoms with van der Waals surface area (Å²) in [6, 6.07) is 14.8. The van der Waals surface area contributed by atoms with Gasteiger partial charge in [0.1, 0.15) is 5.75 Å². The van der Waals surface area contributed by atoms with E-state index >= 15 is 0 Å². The van der Waals surface area contributed by atoms with Gasteiger partial charge in [-0.3, -0.25) is 4.79 Å². The molecule has 0 aliphatic heterocycles. The summed E-state index contributed by atoms with van der Waals surface area (Å²) in [5.74, 6) is 5.63. The minimum atomic E-state index is -0.877. The fourth-order valence-corrected chi connectivity index (χ4v) is 3.32. The average Bonchev–Trinajstić information content (AvgIpc) is 3.02. The predicted molar refractivity (Wildman–Crippen MR) is 108 cm³/mol. The molecule has 0 fully saturated rings. The van der Waals surface area contributed by atoms with E-state index in [0.29, 0.717) is 13.0 Å². The molecule has 28 heavy (non-hydrogen) atoms. The number of aliphatic hydroxyl groups excluding tert-OH is 1. The number of aryl methyl sites for hydroxylation is 1. The molecule has 144 valence electrons. The van der Waals surface area contributed by atoms with E-state index in [2.05, 4.69) is 11.8 Å². The highest BCUT2D eigenvalue weighted by atomic mass is 16.5. The molecule has 0 radical (unpaired) electrons. The summed E-state index contributed by atoms with van der Waals surface area (Å²) in [6.45, 7) is 4.23. The highest BCUT2D eigenvalue weighted by molar-refractivity contribution is 5.88. The quantitative estimate of drug-likeness (QED) is 0.484. The number of aromatic nitrogens is 1. The fourth-order valence-electron chi connectivity index (χ4n) is 3.32. The number of fused-ring (bicyclic) bond motifs is 1. The Morgan fingerprint density at radius 1 is 1.21 bits per heavy atom. The second-order valence-electron chi connectivity index (χ2n) is 6.54. The molecule has 0 aliphatic carbocycles. The summed E-state index contributed by atoms with van der Waals surface area (Å²) in [5, 5.41) is 20.9. The molecule has 3 rings (SSSR count). The van der Waals surface area contributed by atoms with Crippen molar-refractivity contribution in [3.05, 3.63) is 65.4 Å². The Hall–Kier alpha value is -3.23. The van der Waals surface area contributed by atoms with Crippen LogP contribution in [0.1, 0.15) is 36.4 Å². The molecule has 0 saturated carbocycles. The molecule has 5 heteroatoms. The number of carboxylic acids is 1. The van der Waals surface area contributed by atoms with E-state index in [1.165, 1.54) is 0 Å². The minimum Gasteiger partial charge on any atom is -0.493 e. The molecule has 1 heterocycles. The van der Waals surface area contributed by atoms with E-state index in [4.69, 9.17) is 9.84 Å². The SMILES string of the molecule is CC#CCCOc1ccc(C(O)n2c(C)cc3c(CC(=O)O)cccc32)cc1. The number of carbonyl (C=O) groups is 1. The third kappa shape index (κ3) is 4.19. The third-order valence-corrected chi connectivity index (χ3v) is 4.60. The van der Waals surface area contributed by atoms with Crippen LogP contribution in [-0.4, -0.2) is 27.4 Å². The Bertz CT molecular complexity index is 1040. The van der Waals surface area contributed by atoms with Crippen LogP contribution in [0.2, 0.25) is 0 Å². The van der Waals surface area contributed by atoms with E-state index < -0.39 is 12.2 Å². The summed E-state index contributed by atoms with van der Waals surface area (Å²) in [5.41, 5.74) is 3.13. The summed E-state index contributed by atoms with van der Waals surface area (Å²) in [7, 11) is 0. The number of nitrogens with zero attached hydrogens (tertiary/aromatic N) is 1. The normalized spacial score (nSPS) is 11.7. The molecule has 5 nitrogen and oxygen atoms in total. The number of hydrogen-bond donors (Lipinski definition) is 2. The zero-order chi connectivity index (χ0) is 20.1. The Labute approximate surface area is 164 Å². The first kappa shape index (κ1) is 19.5. The lowest BCUT2D eigenvalue weighted by atomic mass is 10.1. The lowest BCUT2D eigenvalue weighted by Crippen LogP contribution is -2.11. The van der Waals surface area contributed by atoms with Gasteiger partial charge in [0.05, 0.1) is 18.5 Å². The molecule has 0 amide bonds. The van der Waals surface area contributed by atoms with E-state index in [-0.39, 0.29) is 6.42 Å². The van der Waals surface area contributed by atoms with Gasteiger partial charge in [-0.15, -0.1) is 11.8 Å². The van der Waals surface area contributed by atoms with Crippen molar-refractivity contribution < 1.29 is 19.7 Å². The van der Waals surface area contributed by atoms with Crippen LogP contribution in [0.25, 0.3) is 10.9 Å². The first-order valence-electron chi connectivity index (χ1n) is 9.13. The largest absolute Gasteiger partial charge is 0.493 e. The van der Waals surface area contributed by atoms with Gasteiger partial charge in [-0.1, -0.05) is 24.3 Å². The molecule has 0 bridgehead atoms. The van der Waals surface area contributed by atoms with Gasteiger partial charge in [-0.2, -0.15) is 0 Å². The first-order valence-corrected chi connectivity index (χ1v) is 9.13. The smallest absolute Gasteiger partial charge is 0.307 e. The van der Waals surface area contributed by atoms with Crippen LogP contribution in [-0.2, 0) is 11.2 Å². The van der Waals surface area contributed by atoms with Crippen LogP contribution in [0.4, 0.5) is 0 Å². The predicted octanol–water partition coefficient (Wildman–Crippen LogP) is 3.91. The van der Waals surface area contributed by atoms with Gasteiger partial charge in [0.25, 0.3) is 0 Å². The second kappa shape index (κ2) is 8.64. The van der Waals surface area contributed by atoms with Crippen molar-refractivity contribution in [3.8, 4) is 17.6 Å². The Morgan fingerprint density at radius 2 is 1.96 bits per heavy atom. The number of aliphatic carboxylic acids is 1. The highest BCUT2D eigenvalue weighted by Gasteiger charge is 2.17. The molecule has 2 N–H and O–H groups in total. The Balaban J connectivity index is 1.86. The van der Waals surface area contributed by atoms with Gasteiger partial charge in [-0.25, -0.2) is 0 Å². The number of hydrogen-bond acceptors (Lipinski definition) is 3. The lowest BCUT2D eigenvalue weighted by Gasteiger charge is -2.17. The monoisotopic (exact) mass is 377 g/mol. The molecular formula is C23H23NO4. The molecule has 1 aromatic heterocycles. The van der Waals surface area contributed by atoms with Crippen LogP contribution in [0.5, 0.6) is 5.75 Å². The van der Waals surface area contributed by atoms with Crippen molar-refractivity contribution in [1.29, 1.82) is 0 Å². The highest BCUT2D eigenvalue weighted by Crippen LogP contribution is 2.29. The van der Waals surface area contributed by atoms with E-state index in [0.717, 1.165) is 33.5 Å². The van der Waals surface area contributed by atoms with Crippen LogP contribution < -0.4 is 4.74 Å². The zero-order valence-electron chi connectivity index (χ0n) is 16.0. The van der Waals surface area contributed by atoms with Crippen LogP contribution in [0, 0.1) is 18.8 Å². The number of aliphatic hydroxyl groups is 1. The zero-order valence-corrected chi connectivity index (χ0v) is 16.0. The van der Waals surface area contributed by atoms with E-state index in [1.807, 2.05) is 60.0 Å². The standard InChI is InChI=1S/C23H23NO4/c1-3-4-5-13-28-19-11-9-17(10-12-19)23(27)24-16(2)14-20-18(15-22(25)26)7-6-8-21(20)24/h6-12,14,23,27H,5,13,15H2,1-2H3,(H,25,26). The first-order chi connectivity index (χ1) is 13.5. The van der Waals surface area contributed by atoms with Gasteiger partial charge >= 0.3 is 5.97 Å². The average molecular weight is 377 g/mol. The molecular weight excluding hydrogens is 354 g/mol. The fraction of sp³-hybridized carbons (Fsp3) is 0.261. The van der Waals surface area contributed by atoms with Gasteiger partial charge in [-0.05, 0) is 43.7 Å². The lowest BCUT2D eigenvalue weighted by molar-refractivity contribution is -0.136. The van der Waals surface area contributed by atoms with Crippen molar-refractivity contribution in [1.82, 2.24) is 4.57 Å². The van der Waals surface area contributed by atoms with Crippen molar-refractivity contribution in [2.45, 2.75) is 32.9 Å². The Morgan fingerprint density at radius 3 is 2.64 bits per heavy atom. The molecule has 0 spiro atoms. The molecule has 0 aliphatic rings. The van der Waals surface area contributed by atoms with Gasteiger partial charge in [0.15, 0.2) is 6.23 Å². The van der Waals surface area contributed by atoms with Crippen molar-refractivity contribution in [2.24, 2.45) is 0 Å². The van der Waals surface area contributed by atoms with Crippen LogP contribution in [0.15, 0.2) is 48.5 Å². The maximum atomic E-state index is 11.1.